The lowest BCUT2D eigenvalue weighted by Crippen LogP contribution is -2.57. The Morgan fingerprint density at radius 2 is 1.80 bits per heavy atom. The van der Waals surface area contributed by atoms with Crippen LogP contribution >= 0.6 is 23.2 Å². The largest absolute Gasteiger partial charge is 0.359 e. The van der Waals surface area contributed by atoms with Crippen LogP contribution in [-0.2, 0) is 25.7 Å². The third-order valence-electron chi connectivity index (χ3n) is 9.37. The number of likely N-dealkylation sites (tertiary alicyclic amines) is 1. The molecule has 3 amide bonds. The maximum atomic E-state index is 14.2. The van der Waals surface area contributed by atoms with Crippen LogP contribution in [0, 0.1) is 23.7 Å². The lowest BCUT2D eigenvalue weighted by atomic mass is 9.73. The van der Waals surface area contributed by atoms with Crippen LogP contribution in [0.15, 0.2) is 60.7 Å². The molecule has 7 nitrogen and oxygen atoms in total. The zero-order valence-corrected chi connectivity index (χ0v) is 24.0. The molecule has 1 saturated carbocycles. The average molecular weight is 583 g/mol. The van der Waals surface area contributed by atoms with Gasteiger partial charge in [-0.3, -0.25) is 14.4 Å². The molecule has 2 N–H and O–H groups in total. The van der Waals surface area contributed by atoms with E-state index < -0.39 is 29.6 Å². The number of halogens is 2. The molecule has 0 aromatic heterocycles. The van der Waals surface area contributed by atoms with Crippen molar-refractivity contribution in [1.29, 1.82) is 0 Å². The Labute approximate surface area is 244 Å². The van der Waals surface area contributed by atoms with Crippen molar-refractivity contribution in [1.82, 2.24) is 10.2 Å². The summed E-state index contributed by atoms with van der Waals surface area (Å²) in [4.78, 5) is 43.5. The molecule has 9 heteroatoms. The third-order valence-corrected chi connectivity index (χ3v) is 9.99. The molecule has 3 aliphatic heterocycles. The van der Waals surface area contributed by atoms with Crippen LogP contribution in [0.3, 0.4) is 0 Å². The molecule has 0 radical (unpaired) electrons. The summed E-state index contributed by atoms with van der Waals surface area (Å²) in [6.45, 7) is 4.53. The van der Waals surface area contributed by atoms with Crippen molar-refractivity contribution in [3.63, 3.8) is 0 Å². The van der Waals surface area contributed by atoms with E-state index in [9.17, 15) is 14.4 Å². The summed E-state index contributed by atoms with van der Waals surface area (Å²) in [5.74, 6) is -1.68. The van der Waals surface area contributed by atoms with E-state index in [1.54, 1.807) is 35.2 Å². The van der Waals surface area contributed by atoms with E-state index in [4.69, 9.17) is 27.9 Å². The molecule has 6 rings (SSSR count). The van der Waals surface area contributed by atoms with Crippen molar-refractivity contribution in [2.45, 2.75) is 63.4 Å². The number of rotatable bonds is 6. The summed E-state index contributed by atoms with van der Waals surface area (Å²) in [6.07, 6.45) is 6.12. The van der Waals surface area contributed by atoms with Crippen LogP contribution in [0.25, 0.3) is 0 Å². The van der Waals surface area contributed by atoms with Crippen molar-refractivity contribution in [2.24, 2.45) is 23.7 Å². The van der Waals surface area contributed by atoms with E-state index in [1.807, 2.05) is 30.4 Å². The summed E-state index contributed by atoms with van der Waals surface area (Å²) in [5.41, 5.74) is 0.0637. The van der Waals surface area contributed by atoms with Gasteiger partial charge in [0.15, 0.2) is 0 Å². The van der Waals surface area contributed by atoms with Crippen LogP contribution < -0.4 is 10.6 Å². The standard InChI is InChI=1S/C31H33Cl2N3O4/c1-17-6-5-9-23(18(17)2)35-29(38)27-31-15-14-24(40-31)25(28(37)34-21-12-10-20(32)11-13-21)26(31)30(39)36(27)16-19-7-3-4-8-22(19)33/h3-4,7-8,10-15,17-18,23-27H,5-6,9,16H2,1-2H3,(H,34,37)(H,35,38)/t17-,18-,23+,24-,25+,26-,27+,31+/m1/s1. The Morgan fingerprint density at radius 1 is 1.05 bits per heavy atom. The van der Waals surface area contributed by atoms with Gasteiger partial charge in [-0.25, -0.2) is 0 Å². The van der Waals surface area contributed by atoms with E-state index >= 15 is 0 Å². The van der Waals surface area contributed by atoms with Gasteiger partial charge in [-0.2, -0.15) is 0 Å². The van der Waals surface area contributed by atoms with Gasteiger partial charge >= 0.3 is 0 Å². The van der Waals surface area contributed by atoms with Gasteiger partial charge in [-0.05, 0) is 54.2 Å². The van der Waals surface area contributed by atoms with Crippen LogP contribution in [0.4, 0.5) is 5.69 Å². The molecular formula is C31H33Cl2N3O4. The van der Waals surface area contributed by atoms with Gasteiger partial charge in [0.1, 0.15) is 11.6 Å². The number of anilines is 1. The maximum absolute atomic E-state index is 14.2. The van der Waals surface area contributed by atoms with E-state index in [0.717, 1.165) is 24.8 Å². The number of hydrogen-bond donors (Lipinski definition) is 2. The Balaban J connectivity index is 1.33. The fourth-order valence-electron chi connectivity index (χ4n) is 7.05. The van der Waals surface area contributed by atoms with Crippen molar-refractivity contribution in [3.8, 4) is 0 Å². The predicted molar refractivity (Wildman–Crippen MR) is 154 cm³/mol. The van der Waals surface area contributed by atoms with Gasteiger partial charge < -0.3 is 20.3 Å². The first-order valence-electron chi connectivity index (χ1n) is 14.0. The summed E-state index contributed by atoms with van der Waals surface area (Å²) >= 11 is 12.5. The molecule has 1 aliphatic carbocycles. The van der Waals surface area contributed by atoms with Crippen molar-refractivity contribution < 1.29 is 19.1 Å². The number of ether oxygens (including phenoxy) is 1. The highest BCUT2D eigenvalue weighted by molar-refractivity contribution is 6.31. The number of fused-ring (bicyclic) bond motifs is 1. The van der Waals surface area contributed by atoms with Gasteiger partial charge in [0.25, 0.3) is 0 Å². The normalized spacial score (nSPS) is 34.1. The van der Waals surface area contributed by atoms with Crippen LogP contribution in [0.5, 0.6) is 0 Å². The second-order valence-electron chi connectivity index (χ2n) is 11.6. The second-order valence-corrected chi connectivity index (χ2v) is 12.5. The number of amides is 3. The van der Waals surface area contributed by atoms with Crippen LogP contribution in [0.1, 0.15) is 38.7 Å². The molecule has 40 heavy (non-hydrogen) atoms. The summed E-state index contributed by atoms with van der Waals surface area (Å²) < 4.78 is 6.46. The van der Waals surface area contributed by atoms with Gasteiger partial charge in [0, 0.05) is 28.3 Å². The molecule has 3 heterocycles. The smallest absolute Gasteiger partial charge is 0.246 e. The molecule has 2 aromatic rings. The quantitative estimate of drug-likeness (QED) is 0.457. The summed E-state index contributed by atoms with van der Waals surface area (Å²) in [6, 6.07) is 13.2. The zero-order chi connectivity index (χ0) is 28.2. The Bertz CT molecular complexity index is 1360. The minimum Gasteiger partial charge on any atom is -0.359 e. The average Bonchev–Trinajstić information content (AvgIpc) is 3.57. The highest BCUT2D eigenvalue weighted by Gasteiger charge is 2.72. The minimum absolute atomic E-state index is 0.00977. The van der Waals surface area contributed by atoms with E-state index in [-0.39, 0.29) is 30.3 Å². The molecule has 0 unspecified atom stereocenters. The first kappa shape index (κ1) is 27.3. The molecule has 2 aromatic carbocycles. The molecule has 4 aliphatic rings. The molecule has 2 saturated heterocycles. The lowest BCUT2D eigenvalue weighted by molar-refractivity contribution is -0.142. The third kappa shape index (κ3) is 4.52. The van der Waals surface area contributed by atoms with Crippen LogP contribution in [-0.4, -0.2) is 46.4 Å². The van der Waals surface area contributed by atoms with Crippen molar-refractivity contribution in [2.75, 3.05) is 5.32 Å². The van der Waals surface area contributed by atoms with Crippen molar-refractivity contribution in [3.05, 3.63) is 76.3 Å². The first-order valence-corrected chi connectivity index (χ1v) is 14.7. The summed E-state index contributed by atoms with van der Waals surface area (Å²) in [5, 5.41) is 7.26. The first-order chi connectivity index (χ1) is 19.2. The fourth-order valence-corrected chi connectivity index (χ4v) is 7.38. The van der Waals surface area contributed by atoms with E-state index in [2.05, 4.69) is 24.5 Å². The van der Waals surface area contributed by atoms with Gasteiger partial charge in [-0.1, -0.05) is 80.2 Å². The van der Waals surface area contributed by atoms with Crippen LogP contribution in [0.2, 0.25) is 10.0 Å². The Kier molecular flexibility index (Phi) is 7.18. The van der Waals surface area contributed by atoms with Crippen molar-refractivity contribution >= 4 is 46.6 Å². The van der Waals surface area contributed by atoms with Gasteiger partial charge in [0.05, 0.1) is 17.9 Å². The van der Waals surface area contributed by atoms with Gasteiger partial charge in [0.2, 0.25) is 17.7 Å². The zero-order valence-electron chi connectivity index (χ0n) is 22.5. The monoisotopic (exact) mass is 581 g/mol. The minimum atomic E-state index is -1.24. The number of hydrogen-bond acceptors (Lipinski definition) is 4. The number of nitrogens with zero attached hydrogens (tertiary/aromatic N) is 1. The molecule has 1 spiro atoms. The predicted octanol–water partition coefficient (Wildman–Crippen LogP) is 5.22. The number of nitrogens with one attached hydrogen (secondary N) is 2. The molecule has 210 valence electrons. The molecule has 3 fully saturated rings. The second kappa shape index (κ2) is 10.5. The highest BCUT2D eigenvalue weighted by atomic mass is 35.5. The molecule has 2 bridgehead atoms. The number of benzene rings is 2. The van der Waals surface area contributed by atoms with E-state index in [0.29, 0.717) is 27.6 Å². The Hall–Kier alpha value is -2.87. The SMILES string of the molecule is C[C@@H]1[C@H](C)CCC[C@@H]1NC(=O)[C@@H]1N(Cc2ccccc2Cl)C(=O)[C@H]2[C@@H](C(=O)Nc3ccc(Cl)cc3)[C@H]3C=C[C@@]12O3. The fraction of sp³-hybridized carbons (Fsp3) is 0.452. The lowest BCUT2D eigenvalue weighted by Gasteiger charge is -2.38. The Morgan fingerprint density at radius 3 is 2.55 bits per heavy atom. The molecular weight excluding hydrogens is 549 g/mol. The topological polar surface area (TPSA) is 87.7 Å². The van der Waals surface area contributed by atoms with E-state index in [1.165, 1.54) is 0 Å². The number of carbonyl (C=O) groups is 3. The van der Waals surface area contributed by atoms with Gasteiger partial charge in [-0.15, -0.1) is 0 Å². The maximum Gasteiger partial charge on any atom is 0.246 e. The summed E-state index contributed by atoms with van der Waals surface area (Å²) in [7, 11) is 0. The molecule has 8 atom stereocenters. The number of carbonyl (C=O) groups excluding carboxylic acids is 3. The highest BCUT2D eigenvalue weighted by Crippen LogP contribution is 2.55.